The van der Waals surface area contributed by atoms with E-state index in [1.165, 1.54) is 0 Å². The maximum atomic E-state index is 11.3. The van der Waals surface area contributed by atoms with Crippen molar-refractivity contribution < 1.29 is 13.2 Å². The quantitative estimate of drug-likeness (QED) is 0.738. The maximum absolute atomic E-state index is 11.3. The van der Waals surface area contributed by atoms with Crippen LogP contribution >= 0.6 is 15.9 Å². The first-order chi connectivity index (χ1) is 6.06. The molecule has 0 aromatic heterocycles. The van der Waals surface area contributed by atoms with Gasteiger partial charge in [-0.2, -0.15) is 0 Å². The van der Waals surface area contributed by atoms with E-state index < -0.39 is 9.84 Å². The van der Waals surface area contributed by atoms with Crippen LogP contribution in [0.4, 0.5) is 0 Å². The second-order valence-electron chi connectivity index (χ2n) is 3.07. The summed E-state index contributed by atoms with van der Waals surface area (Å²) in [4.78, 5) is 10.8. The predicted octanol–water partition coefficient (Wildman–Crippen LogP) is 0.0747. The van der Waals surface area contributed by atoms with Crippen molar-refractivity contribution in [1.29, 1.82) is 0 Å². The molecule has 0 aliphatic carbocycles. The third-order valence-corrected chi connectivity index (χ3v) is 4.90. The molecule has 1 aliphatic heterocycles. The fraction of sp³-hybridized carbons (Fsp3) is 0.857. The predicted molar refractivity (Wildman–Crippen MR) is 53.6 cm³/mol. The van der Waals surface area contributed by atoms with E-state index in [0.717, 1.165) is 6.42 Å². The minimum Gasteiger partial charge on any atom is -0.354 e. The standard InChI is InChI=1S/C7H12BrNO3S/c8-4-7(10)9-5-6-2-1-3-13(6,11)12/h6H,1-5H2,(H,9,10). The van der Waals surface area contributed by atoms with Gasteiger partial charge in [-0.3, -0.25) is 4.79 Å². The van der Waals surface area contributed by atoms with E-state index in [1.54, 1.807) is 0 Å². The number of sulfone groups is 1. The highest BCUT2D eigenvalue weighted by molar-refractivity contribution is 9.09. The number of nitrogens with one attached hydrogen (secondary N) is 1. The Morgan fingerprint density at radius 3 is 2.69 bits per heavy atom. The molecule has 1 amide bonds. The molecule has 76 valence electrons. The van der Waals surface area contributed by atoms with E-state index in [-0.39, 0.29) is 28.8 Å². The first-order valence-electron chi connectivity index (χ1n) is 4.10. The second kappa shape index (κ2) is 4.41. The van der Waals surface area contributed by atoms with Crippen molar-refractivity contribution in [3.05, 3.63) is 0 Å². The molecular weight excluding hydrogens is 258 g/mol. The molecule has 0 radical (unpaired) electrons. The molecular formula is C7H12BrNO3S. The van der Waals surface area contributed by atoms with Gasteiger partial charge in [-0.05, 0) is 12.8 Å². The normalized spacial score (nSPS) is 25.8. The zero-order valence-corrected chi connectivity index (χ0v) is 9.53. The summed E-state index contributed by atoms with van der Waals surface area (Å²) in [7, 11) is -2.92. The highest BCUT2D eigenvalue weighted by Crippen LogP contribution is 2.18. The minimum absolute atomic E-state index is 0.165. The molecule has 1 unspecified atom stereocenters. The van der Waals surface area contributed by atoms with Gasteiger partial charge in [0.2, 0.25) is 5.91 Å². The lowest BCUT2D eigenvalue weighted by atomic mass is 10.2. The average Bonchev–Trinajstić information content (AvgIpc) is 2.41. The van der Waals surface area contributed by atoms with Gasteiger partial charge in [0.05, 0.1) is 16.3 Å². The van der Waals surface area contributed by atoms with Gasteiger partial charge >= 0.3 is 0 Å². The summed E-state index contributed by atoms with van der Waals surface area (Å²) < 4.78 is 22.6. The van der Waals surface area contributed by atoms with Crippen LogP contribution in [0, 0.1) is 0 Å². The lowest BCUT2D eigenvalue weighted by molar-refractivity contribution is -0.118. The van der Waals surface area contributed by atoms with Crippen molar-refractivity contribution in [2.75, 3.05) is 17.6 Å². The highest BCUT2D eigenvalue weighted by Gasteiger charge is 2.31. The molecule has 6 heteroatoms. The first-order valence-corrected chi connectivity index (χ1v) is 6.94. The number of hydrogen-bond acceptors (Lipinski definition) is 3. The van der Waals surface area contributed by atoms with Gasteiger partial charge in [0.1, 0.15) is 0 Å². The number of hydrogen-bond donors (Lipinski definition) is 1. The summed E-state index contributed by atoms with van der Waals surface area (Å²) in [5.74, 6) is 0.101. The van der Waals surface area contributed by atoms with E-state index in [4.69, 9.17) is 0 Å². The van der Waals surface area contributed by atoms with Gasteiger partial charge in [-0.15, -0.1) is 0 Å². The molecule has 1 rings (SSSR count). The number of carbonyl (C=O) groups excluding carboxylic acids is 1. The van der Waals surface area contributed by atoms with Crippen LogP contribution in [-0.2, 0) is 14.6 Å². The van der Waals surface area contributed by atoms with Gasteiger partial charge in [0, 0.05) is 6.54 Å². The van der Waals surface area contributed by atoms with E-state index in [0.29, 0.717) is 6.42 Å². The summed E-state index contributed by atoms with van der Waals surface area (Å²) in [6.07, 6.45) is 1.39. The van der Waals surface area contributed by atoms with Gasteiger partial charge in [0.15, 0.2) is 9.84 Å². The molecule has 1 N–H and O–H groups in total. The number of alkyl halides is 1. The molecule has 1 saturated heterocycles. The van der Waals surface area contributed by atoms with Crippen molar-refractivity contribution in [2.24, 2.45) is 0 Å². The Hall–Kier alpha value is -0.100. The van der Waals surface area contributed by atoms with E-state index >= 15 is 0 Å². The Labute approximate surface area is 86.1 Å². The Bertz CT molecular complexity index is 288. The molecule has 1 aliphatic rings. The number of halogens is 1. The van der Waals surface area contributed by atoms with E-state index in [1.807, 2.05) is 0 Å². The molecule has 0 aromatic rings. The molecule has 13 heavy (non-hydrogen) atoms. The summed E-state index contributed by atoms with van der Waals surface area (Å²) >= 11 is 2.99. The Morgan fingerprint density at radius 1 is 1.54 bits per heavy atom. The van der Waals surface area contributed by atoms with Crippen LogP contribution in [0.25, 0.3) is 0 Å². The van der Waals surface area contributed by atoms with Crippen LogP contribution in [0.15, 0.2) is 0 Å². The van der Waals surface area contributed by atoms with Crippen LogP contribution in [0.2, 0.25) is 0 Å². The third kappa shape index (κ3) is 2.95. The van der Waals surface area contributed by atoms with Gasteiger partial charge in [0.25, 0.3) is 0 Å². The molecule has 1 heterocycles. The highest BCUT2D eigenvalue weighted by atomic mass is 79.9. The van der Waals surface area contributed by atoms with E-state index in [9.17, 15) is 13.2 Å². The monoisotopic (exact) mass is 269 g/mol. The second-order valence-corrected chi connectivity index (χ2v) is 6.03. The molecule has 0 aromatic carbocycles. The molecule has 1 fully saturated rings. The first kappa shape index (κ1) is 11.0. The number of carbonyl (C=O) groups is 1. The van der Waals surface area contributed by atoms with Crippen molar-refractivity contribution in [1.82, 2.24) is 5.32 Å². The third-order valence-electron chi connectivity index (χ3n) is 2.11. The summed E-state index contributed by atoms with van der Waals surface area (Å²) in [5, 5.41) is 2.42. The minimum atomic E-state index is -2.92. The van der Waals surface area contributed by atoms with Crippen LogP contribution in [0.3, 0.4) is 0 Å². The molecule has 4 nitrogen and oxygen atoms in total. The van der Waals surface area contributed by atoms with Gasteiger partial charge in [-0.25, -0.2) is 8.42 Å². The number of rotatable bonds is 3. The summed E-state index contributed by atoms with van der Waals surface area (Å²) in [6.45, 7) is 0.257. The largest absolute Gasteiger partial charge is 0.354 e. The van der Waals surface area contributed by atoms with Crippen LogP contribution in [0.5, 0.6) is 0 Å². The molecule has 0 bridgehead atoms. The van der Waals surface area contributed by atoms with Crippen molar-refractivity contribution in [3.63, 3.8) is 0 Å². The summed E-state index contributed by atoms with van der Waals surface area (Å²) in [5.41, 5.74) is 0. The average molecular weight is 270 g/mol. The fourth-order valence-corrected chi connectivity index (χ4v) is 3.33. The van der Waals surface area contributed by atoms with Gasteiger partial charge < -0.3 is 5.32 Å². The maximum Gasteiger partial charge on any atom is 0.230 e. The zero-order chi connectivity index (χ0) is 9.90. The molecule has 1 atom stereocenters. The van der Waals surface area contributed by atoms with Crippen LogP contribution in [0.1, 0.15) is 12.8 Å². The Balaban J connectivity index is 2.42. The van der Waals surface area contributed by atoms with Crippen LogP contribution in [-0.4, -0.2) is 37.2 Å². The van der Waals surface area contributed by atoms with Crippen molar-refractivity contribution in [2.45, 2.75) is 18.1 Å². The lowest BCUT2D eigenvalue weighted by Gasteiger charge is -2.09. The van der Waals surface area contributed by atoms with Gasteiger partial charge in [-0.1, -0.05) is 15.9 Å². The SMILES string of the molecule is O=C(CBr)NCC1CCCS1(=O)=O. The molecule has 0 spiro atoms. The zero-order valence-electron chi connectivity index (χ0n) is 7.12. The van der Waals surface area contributed by atoms with E-state index in [2.05, 4.69) is 21.2 Å². The topological polar surface area (TPSA) is 63.2 Å². The van der Waals surface area contributed by atoms with Crippen LogP contribution < -0.4 is 5.32 Å². The summed E-state index contributed by atoms with van der Waals surface area (Å²) in [6, 6.07) is 0. The van der Waals surface area contributed by atoms with Crippen molar-refractivity contribution >= 4 is 31.7 Å². The Morgan fingerprint density at radius 2 is 2.23 bits per heavy atom. The number of amides is 1. The fourth-order valence-electron chi connectivity index (χ4n) is 1.36. The van der Waals surface area contributed by atoms with Crippen molar-refractivity contribution in [3.8, 4) is 0 Å². The lowest BCUT2D eigenvalue weighted by Crippen LogP contribution is -2.35. The molecule has 0 saturated carbocycles. The Kier molecular flexibility index (Phi) is 3.73. The smallest absolute Gasteiger partial charge is 0.230 e.